The van der Waals surface area contributed by atoms with Crippen LogP contribution in [0.1, 0.15) is 24.0 Å². The fourth-order valence-corrected chi connectivity index (χ4v) is 2.85. The molecule has 0 aliphatic heterocycles. The second-order valence-corrected chi connectivity index (χ2v) is 6.05. The molecule has 0 atom stereocenters. The van der Waals surface area contributed by atoms with Crippen LogP contribution in [0, 0.1) is 25.5 Å². The molecule has 0 bridgehead atoms. The number of carbonyl (C=O) groups excluding carboxylic acids is 1. The summed E-state index contributed by atoms with van der Waals surface area (Å²) in [7, 11) is 0. The Hall–Kier alpha value is -2.83. The van der Waals surface area contributed by atoms with Gasteiger partial charge in [-0.2, -0.15) is 5.10 Å². The van der Waals surface area contributed by atoms with Crippen LogP contribution < -0.4 is 5.73 Å². The van der Waals surface area contributed by atoms with Crippen LogP contribution in [0.15, 0.2) is 24.4 Å². The summed E-state index contributed by atoms with van der Waals surface area (Å²) in [6.07, 6.45) is 2.43. The normalized spacial score (nSPS) is 11.2. The van der Waals surface area contributed by atoms with Crippen molar-refractivity contribution in [2.45, 2.75) is 33.2 Å². The van der Waals surface area contributed by atoms with Crippen molar-refractivity contribution < 1.29 is 13.6 Å². The average Bonchev–Trinajstić information content (AvgIpc) is 2.96. The van der Waals surface area contributed by atoms with Crippen LogP contribution in [0.25, 0.3) is 22.3 Å². The number of amides is 1. The first-order valence-electron chi connectivity index (χ1n) is 7.95. The number of fused-ring (bicyclic) bond motifs is 1. The van der Waals surface area contributed by atoms with E-state index in [4.69, 9.17) is 5.73 Å². The summed E-state index contributed by atoms with van der Waals surface area (Å²) in [5.41, 5.74) is 8.12. The third-order valence-corrected chi connectivity index (χ3v) is 4.13. The smallest absolute Gasteiger partial charge is 0.217 e. The second-order valence-electron chi connectivity index (χ2n) is 6.05. The number of rotatable bonds is 5. The van der Waals surface area contributed by atoms with Gasteiger partial charge >= 0.3 is 0 Å². The van der Waals surface area contributed by atoms with E-state index in [0.717, 1.165) is 11.1 Å². The Morgan fingerprint density at radius 3 is 2.68 bits per heavy atom. The summed E-state index contributed by atoms with van der Waals surface area (Å²) in [6.45, 7) is 3.91. The van der Waals surface area contributed by atoms with Gasteiger partial charge in [-0.3, -0.25) is 9.48 Å². The van der Waals surface area contributed by atoms with Gasteiger partial charge in [0, 0.05) is 18.5 Å². The molecule has 0 spiro atoms. The van der Waals surface area contributed by atoms with Crippen LogP contribution >= 0.6 is 0 Å². The minimum atomic E-state index is -0.903. The summed E-state index contributed by atoms with van der Waals surface area (Å²) >= 11 is 0. The maximum atomic E-state index is 14.2. The van der Waals surface area contributed by atoms with Crippen LogP contribution in [0.3, 0.4) is 0 Å². The van der Waals surface area contributed by atoms with Crippen LogP contribution in [-0.2, 0) is 11.3 Å². The molecule has 0 aliphatic carbocycles. The summed E-state index contributed by atoms with van der Waals surface area (Å²) in [4.78, 5) is 15.3. The number of carbonyl (C=O) groups is 1. The standard InChI is InChI=1S/C18H18F2N4O/c1-10-5-6-12(17(20)16(10)19)13-8-11(2)18-14(23-13)9-22-24(18)7-3-4-15(21)25/h5-6,8-9H,3-4,7H2,1-2H3,(H2,21,25). The minimum Gasteiger partial charge on any atom is -0.370 e. The quantitative estimate of drug-likeness (QED) is 0.772. The maximum absolute atomic E-state index is 14.2. The molecule has 0 unspecified atom stereocenters. The third-order valence-electron chi connectivity index (χ3n) is 4.13. The lowest BCUT2D eigenvalue weighted by molar-refractivity contribution is -0.118. The molecule has 25 heavy (non-hydrogen) atoms. The van der Waals surface area contributed by atoms with Gasteiger partial charge in [0.05, 0.1) is 17.4 Å². The Kier molecular flexibility index (Phi) is 4.48. The molecule has 2 heterocycles. The van der Waals surface area contributed by atoms with Crippen molar-refractivity contribution in [1.82, 2.24) is 14.8 Å². The Morgan fingerprint density at radius 2 is 1.96 bits per heavy atom. The van der Waals surface area contributed by atoms with Gasteiger partial charge in [0.25, 0.3) is 0 Å². The van der Waals surface area contributed by atoms with Gasteiger partial charge in [-0.05, 0) is 43.5 Å². The molecule has 0 fully saturated rings. The molecule has 3 rings (SSSR count). The van der Waals surface area contributed by atoms with Crippen molar-refractivity contribution in [3.8, 4) is 11.3 Å². The number of aryl methyl sites for hydroxylation is 3. The molecule has 0 radical (unpaired) electrons. The lowest BCUT2D eigenvalue weighted by atomic mass is 10.1. The van der Waals surface area contributed by atoms with Gasteiger partial charge in [0.2, 0.25) is 5.91 Å². The molecule has 130 valence electrons. The van der Waals surface area contributed by atoms with Crippen molar-refractivity contribution in [3.63, 3.8) is 0 Å². The topological polar surface area (TPSA) is 73.8 Å². The van der Waals surface area contributed by atoms with Gasteiger partial charge < -0.3 is 5.73 Å². The number of nitrogens with zero attached hydrogens (tertiary/aromatic N) is 3. The SMILES string of the molecule is Cc1ccc(-c2cc(C)c3c(cnn3CCCC(N)=O)n2)c(F)c1F. The van der Waals surface area contributed by atoms with Crippen LogP contribution in [0.5, 0.6) is 0 Å². The Bertz CT molecular complexity index is 965. The fourth-order valence-electron chi connectivity index (χ4n) is 2.85. The first-order chi connectivity index (χ1) is 11.9. The predicted molar refractivity (Wildman–Crippen MR) is 90.8 cm³/mol. The molecule has 0 aliphatic rings. The molecule has 2 aromatic heterocycles. The van der Waals surface area contributed by atoms with E-state index >= 15 is 0 Å². The number of nitrogens with two attached hydrogens (primary N) is 1. The van der Waals surface area contributed by atoms with Gasteiger partial charge in [0.1, 0.15) is 5.52 Å². The highest BCUT2D eigenvalue weighted by atomic mass is 19.2. The minimum absolute atomic E-state index is 0.120. The number of primary amides is 1. The molecule has 7 heteroatoms. The van der Waals surface area contributed by atoms with E-state index in [0.29, 0.717) is 24.2 Å². The highest BCUT2D eigenvalue weighted by Crippen LogP contribution is 2.28. The van der Waals surface area contributed by atoms with E-state index in [1.165, 1.54) is 19.1 Å². The first kappa shape index (κ1) is 17.0. The summed E-state index contributed by atoms with van der Waals surface area (Å²) < 4.78 is 29.8. The molecule has 3 aromatic rings. The summed E-state index contributed by atoms with van der Waals surface area (Å²) in [5.74, 6) is -2.12. The largest absolute Gasteiger partial charge is 0.370 e. The predicted octanol–water partition coefficient (Wildman–Crippen LogP) is 3.26. The van der Waals surface area contributed by atoms with Gasteiger partial charge in [-0.25, -0.2) is 13.8 Å². The number of halogens is 2. The van der Waals surface area contributed by atoms with Crippen molar-refractivity contribution in [3.05, 3.63) is 47.2 Å². The Morgan fingerprint density at radius 1 is 1.20 bits per heavy atom. The van der Waals surface area contributed by atoms with Crippen molar-refractivity contribution >= 4 is 16.9 Å². The van der Waals surface area contributed by atoms with E-state index < -0.39 is 11.6 Å². The fraction of sp³-hybridized carbons (Fsp3) is 0.278. The Balaban J connectivity index is 2.01. The zero-order valence-electron chi connectivity index (χ0n) is 14.0. The lowest BCUT2D eigenvalue weighted by Crippen LogP contribution is -2.12. The van der Waals surface area contributed by atoms with E-state index in [1.54, 1.807) is 16.9 Å². The number of pyridine rings is 1. The molecule has 5 nitrogen and oxygen atoms in total. The summed E-state index contributed by atoms with van der Waals surface area (Å²) in [6, 6.07) is 4.77. The molecular weight excluding hydrogens is 326 g/mol. The number of hydrogen-bond donors (Lipinski definition) is 1. The van der Waals surface area contributed by atoms with E-state index in [2.05, 4.69) is 10.1 Å². The van der Waals surface area contributed by atoms with E-state index in [-0.39, 0.29) is 23.5 Å². The van der Waals surface area contributed by atoms with Crippen LogP contribution in [-0.4, -0.2) is 20.7 Å². The number of aromatic nitrogens is 3. The van der Waals surface area contributed by atoms with Crippen molar-refractivity contribution in [2.24, 2.45) is 5.73 Å². The zero-order chi connectivity index (χ0) is 18.1. The molecular formula is C18H18F2N4O. The monoisotopic (exact) mass is 344 g/mol. The van der Waals surface area contributed by atoms with Gasteiger partial charge in [0.15, 0.2) is 11.6 Å². The average molecular weight is 344 g/mol. The second kappa shape index (κ2) is 6.58. The highest BCUT2D eigenvalue weighted by Gasteiger charge is 2.16. The van der Waals surface area contributed by atoms with Crippen molar-refractivity contribution in [2.75, 3.05) is 0 Å². The molecule has 1 aromatic carbocycles. The zero-order valence-corrected chi connectivity index (χ0v) is 14.0. The van der Waals surface area contributed by atoms with E-state index in [1.807, 2.05) is 6.92 Å². The molecule has 0 saturated heterocycles. The third kappa shape index (κ3) is 3.22. The van der Waals surface area contributed by atoms with Crippen LogP contribution in [0.2, 0.25) is 0 Å². The Labute approximate surface area is 143 Å². The maximum Gasteiger partial charge on any atom is 0.217 e. The van der Waals surface area contributed by atoms with Crippen LogP contribution in [0.4, 0.5) is 8.78 Å². The van der Waals surface area contributed by atoms with Gasteiger partial charge in [-0.15, -0.1) is 0 Å². The molecule has 1 amide bonds. The van der Waals surface area contributed by atoms with E-state index in [9.17, 15) is 13.6 Å². The number of hydrogen-bond acceptors (Lipinski definition) is 3. The highest BCUT2D eigenvalue weighted by molar-refractivity contribution is 5.81. The first-order valence-corrected chi connectivity index (χ1v) is 7.95. The summed E-state index contributed by atoms with van der Waals surface area (Å²) in [5, 5.41) is 4.28. The van der Waals surface area contributed by atoms with Gasteiger partial charge in [-0.1, -0.05) is 6.07 Å². The van der Waals surface area contributed by atoms with Crippen molar-refractivity contribution in [1.29, 1.82) is 0 Å². The molecule has 0 saturated carbocycles. The molecule has 2 N–H and O–H groups in total. The lowest BCUT2D eigenvalue weighted by Gasteiger charge is -2.09. The number of benzene rings is 1.